The smallest absolute Gasteiger partial charge is 0.234 e. The lowest BCUT2D eigenvalue weighted by Crippen LogP contribution is -2.34. The van der Waals surface area contributed by atoms with E-state index in [2.05, 4.69) is 20.4 Å². The standard InChI is InChI=1S/C16H18N4O3/c1-23-10-2-3-12-11(6-10)13(19-18-12)8-20-5-4-16(9-20)7-14(21)17-15(16)22/h2-3,6H,4-5,7-9H2,1H3,(H,18,19)(H,17,21,22). The van der Waals surface area contributed by atoms with Gasteiger partial charge >= 0.3 is 0 Å². The molecule has 7 heteroatoms. The second-order valence-electron chi connectivity index (χ2n) is 6.38. The number of imide groups is 1. The summed E-state index contributed by atoms with van der Waals surface area (Å²) in [6.07, 6.45) is 1.03. The Balaban J connectivity index is 1.55. The molecule has 1 aromatic heterocycles. The minimum Gasteiger partial charge on any atom is -0.497 e. The summed E-state index contributed by atoms with van der Waals surface area (Å²) in [4.78, 5) is 25.8. The second kappa shape index (κ2) is 5.06. The number of amides is 2. The normalized spacial score (nSPS) is 24.7. The van der Waals surface area contributed by atoms with Gasteiger partial charge in [0.05, 0.1) is 23.7 Å². The quantitative estimate of drug-likeness (QED) is 0.819. The zero-order valence-corrected chi connectivity index (χ0v) is 12.9. The van der Waals surface area contributed by atoms with Crippen LogP contribution < -0.4 is 10.1 Å². The van der Waals surface area contributed by atoms with E-state index < -0.39 is 5.41 Å². The van der Waals surface area contributed by atoms with Gasteiger partial charge in [-0.1, -0.05) is 0 Å². The maximum absolute atomic E-state index is 12.1. The highest BCUT2D eigenvalue weighted by Crippen LogP contribution is 2.38. The van der Waals surface area contributed by atoms with Gasteiger partial charge in [-0.2, -0.15) is 5.10 Å². The van der Waals surface area contributed by atoms with Gasteiger partial charge in [0, 0.05) is 24.9 Å². The van der Waals surface area contributed by atoms with E-state index in [1.54, 1.807) is 7.11 Å². The largest absolute Gasteiger partial charge is 0.497 e. The molecule has 1 unspecified atom stereocenters. The van der Waals surface area contributed by atoms with Crippen LogP contribution in [0.15, 0.2) is 18.2 Å². The fourth-order valence-electron chi connectivity index (χ4n) is 3.63. The Morgan fingerprint density at radius 1 is 1.39 bits per heavy atom. The molecule has 2 saturated heterocycles. The van der Waals surface area contributed by atoms with E-state index in [1.807, 2.05) is 18.2 Å². The minimum atomic E-state index is -0.537. The molecular formula is C16H18N4O3. The second-order valence-corrected chi connectivity index (χ2v) is 6.38. The van der Waals surface area contributed by atoms with E-state index in [4.69, 9.17) is 4.74 Å². The van der Waals surface area contributed by atoms with Gasteiger partial charge in [-0.25, -0.2) is 0 Å². The van der Waals surface area contributed by atoms with E-state index in [0.29, 0.717) is 19.5 Å². The molecule has 3 heterocycles. The first-order valence-electron chi connectivity index (χ1n) is 7.67. The summed E-state index contributed by atoms with van der Waals surface area (Å²) >= 11 is 0. The van der Waals surface area contributed by atoms with Crippen LogP contribution in [0.3, 0.4) is 0 Å². The van der Waals surface area contributed by atoms with Gasteiger partial charge < -0.3 is 4.74 Å². The SMILES string of the molecule is COc1ccc2n[nH]c(CN3CCC4(CC(=O)NC4=O)C3)c2c1. The average Bonchev–Trinajstić information content (AvgIpc) is 3.19. The molecule has 2 aromatic rings. The predicted octanol–water partition coefficient (Wildman–Crippen LogP) is 0.810. The third-order valence-corrected chi connectivity index (χ3v) is 4.89. The number of likely N-dealkylation sites (tertiary alicyclic amines) is 1. The van der Waals surface area contributed by atoms with Gasteiger partial charge in [-0.05, 0) is 31.2 Å². The monoisotopic (exact) mass is 314 g/mol. The molecule has 1 aromatic carbocycles. The molecule has 0 bridgehead atoms. The number of aromatic nitrogens is 2. The molecule has 7 nitrogen and oxygen atoms in total. The number of carbonyl (C=O) groups is 2. The minimum absolute atomic E-state index is 0.124. The molecule has 0 aliphatic carbocycles. The van der Waals surface area contributed by atoms with Crippen LogP contribution in [0.2, 0.25) is 0 Å². The topological polar surface area (TPSA) is 87.3 Å². The number of fused-ring (bicyclic) bond motifs is 1. The van der Waals surface area contributed by atoms with Crippen LogP contribution in [-0.4, -0.2) is 47.1 Å². The molecule has 1 atom stereocenters. The molecule has 4 rings (SSSR count). The molecule has 1 spiro atoms. The lowest BCUT2D eigenvalue weighted by Gasteiger charge is -2.19. The third kappa shape index (κ3) is 2.28. The lowest BCUT2D eigenvalue weighted by atomic mass is 9.85. The fraction of sp³-hybridized carbons (Fsp3) is 0.438. The fourth-order valence-corrected chi connectivity index (χ4v) is 3.63. The number of hydrogen-bond acceptors (Lipinski definition) is 5. The summed E-state index contributed by atoms with van der Waals surface area (Å²) in [5, 5.41) is 10.8. The summed E-state index contributed by atoms with van der Waals surface area (Å²) < 4.78 is 5.27. The summed E-state index contributed by atoms with van der Waals surface area (Å²) in [6.45, 7) is 2.08. The first-order valence-corrected chi connectivity index (χ1v) is 7.67. The van der Waals surface area contributed by atoms with E-state index >= 15 is 0 Å². The Morgan fingerprint density at radius 2 is 2.26 bits per heavy atom. The predicted molar refractivity (Wildman–Crippen MR) is 82.7 cm³/mol. The maximum atomic E-state index is 12.1. The first kappa shape index (κ1) is 14.2. The van der Waals surface area contributed by atoms with Crippen molar-refractivity contribution in [2.75, 3.05) is 20.2 Å². The van der Waals surface area contributed by atoms with Gasteiger partial charge in [0.2, 0.25) is 11.8 Å². The van der Waals surface area contributed by atoms with Crippen molar-refractivity contribution in [3.05, 3.63) is 23.9 Å². The number of rotatable bonds is 3. The Bertz CT molecular complexity index is 800. The van der Waals surface area contributed by atoms with E-state index in [9.17, 15) is 9.59 Å². The van der Waals surface area contributed by atoms with Crippen LogP contribution in [0.25, 0.3) is 10.9 Å². The number of H-pyrrole nitrogens is 1. The van der Waals surface area contributed by atoms with Crippen LogP contribution in [0.1, 0.15) is 18.5 Å². The highest BCUT2D eigenvalue weighted by Gasteiger charge is 2.50. The van der Waals surface area contributed by atoms with Crippen LogP contribution in [0, 0.1) is 5.41 Å². The highest BCUT2D eigenvalue weighted by molar-refractivity contribution is 6.06. The van der Waals surface area contributed by atoms with Gasteiger partial charge in [0.1, 0.15) is 5.75 Å². The molecule has 2 aliphatic heterocycles. The highest BCUT2D eigenvalue weighted by atomic mass is 16.5. The van der Waals surface area contributed by atoms with Gasteiger partial charge in [0.15, 0.2) is 0 Å². The summed E-state index contributed by atoms with van der Waals surface area (Å²) in [5.41, 5.74) is 1.36. The molecule has 0 radical (unpaired) electrons. The Labute approximate surface area is 133 Å². The number of hydrogen-bond donors (Lipinski definition) is 2. The van der Waals surface area contributed by atoms with Crippen LogP contribution in [0.5, 0.6) is 5.75 Å². The van der Waals surface area contributed by atoms with Crippen molar-refractivity contribution in [2.24, 2.45) is 5.41 Å². The van der Waals surface area contributed by atoms with Crippen molar-refractivity contribution in [3.8, 4) is 5.75 Å². The molecule has 2 N–H and O–H groups in total. The van der Waals surface area contributed by atoms with Gasteiger partial charge in [0.25, 0.3) is 0 Å². The number of methoxy groups -OCH3 is 1. The van der Waals surface area contributed by atoms with Crippen LogP contribution in [-0.2, 0) is 16.1 Å². The summed E-state index contributed by atoms with van der Waals surface area (Å²) in [5.74, 6) is 0.508. The third-order valence-electron chi connectivity index (χ3n) is 4.89. The van der Waals surface area contributed by atoms with Crippen molar-refractivity contribution in [1.29, 1.82) is 0 Å². The van der Waals surface area contributed by atoms with E-state index in [0.717, 1.165) is 35.3 Å². The number of carbonyl (C=O) groups excluding carboxylic acids is 2. The van der Waals surface area contributed by atoms with Crippen molar-refractivity contribution in [2.45, 2.75) is 19.4 Å². The number of ether oxygens (including phenoxy) is 1. The molecule has 23 heavy (non-hydrogen) atoms. The lowest BCUT2D eigenvalue weighted by molar-refractivity contribution is -0.128. The molecule has 2 amide bonds. The molecule has 2 aliphatic rings. The van der Waals surface area contributed by atoms with Crippen LogP contribution >= 0.6 is 0 Å². The number of aromatic amines is 1. The Kier molecular flexibility index (Phi) is 3.12. The number of benzene rings is 1. The Morgan fingerprint density at radius 3 is 3.00 bits per heavy atom. The number of nitrogens with zero attached hydrogens (tertiary/aromatic N) is 2. The van der Waals surface area contributed by atoms with Gasteiger partial charge in [-0.3, -0.25) is 24.9 Å². The first-order chi connectivity index (χ1) is 11.1. The summed E-state index contributed by atoms with van der Waals surface area (Å²) in [7, 11) is 1.64. The van der Waals surface area contributed by atoms with E-state index in [1.165, 1.54) is 0 Å². The molecule has 0 saturated carbocycles. The Hall–Kier alpha value is -2.41. The van der Waals surface area contributed by atoms with Crippen LogP contribution in [0.4, 0.5) is 0 Å². The molecule has 2 fully saturated rings. The maximum Gasteiger partial charge on any atom is 0.234 e. The number of nitrogens with one attached hydrogen (secondary N) is 2. The van der Waals surface area contributed by atoms with Crippen molar-refractivity contribution in [3.63, 3.8) is 0 Å². The molecular weight excluding hydrogens is 296 g/mol. The van der Waals surface area contributed by atoms with Crippen molar-refractivity contribution in [1.82, 2.24) is 20.4 Å². The zero-order chi connectivity index (χ0) is 16.0. The van der Waals surface area contributed by atoms with Crippen molar-refractivity contribution >= 4 is 22.7 Å². The average molecular weight is 314 g/mol. The van der Waals surface area contributed by atoms with Crippen molar-refractivity contribution < 1.29 is 14.3 Å². The molecule has 120 valence electrons. The van der Waals surface area contributed by atoms with Gasteiger partial charge in [-0.15, -0.1) is 0 Å². The zero-order valence-electron chi connectivity index (χ0n) is 12.9. The summed E-state index contributed by atoms with van der Waals surface area (Å²) in [6, 6.07) is 5.76. The van der Waals surface area contributed by atoms with E-state index in [-0.39, 0.29) is 11.8 Å².